The molecule has 0 fully saturated rings. The minimum atomic E-state index is -1.07. The first-order valence-corrected chi connectivity index (χ1v) is 12.1. The van der Waals surface area contributed by atoms with Gasteiger partial charge in [-0.25, -0.2) is 8.78 Å². The lowest BCUT2D eigenvalue weighted by Gasteiger charge is -2.32. The molecule has 4 aromatic rings. The summed E-state index contributed by atoms with van der Waals surface area (Å²) in [6.07, 6.45) is 0. The highest BCUT2D eigenvalue weighted by molar-refractivity contribution is 7.15. The number of anilines is 1. The van der Waals surface area contributed by atoms with E-state index in [1.54, 1.807) is 13.8 Å². The number of halogens is 3. The van der Waals surface area contributed by atoms with Crippen LogP contribution >= 0.6 is 34.3 Å². The van der Waals surface area contributed by atoms with Crippen LogP contribution in [0.2, 0.25) is 5.02 Å². The first kappa shape index (κ1) is 23.5. The smallest absolute Gasteiger partial charge is 0.232 e. The number of thiophene rings is 1. The first-order chi connectivity index (χ1) is 15.6. The number of rotatable bonds is 6. The van der Waals surface area contributed by atoms with Crippen molar-refractivity contribution in [1.29, 1.82) is 0 Å². The lowest BCUT2D eigenvalue weighted by atomic mass is 9.73. The van der Waals surface area contributed by atoms with Crippen molar-refractivity contribution >= 4 is 45.3 Å². The van der Waals surface area contributed by atoms with E-state index in [4.69, 9.17) is 11.6 Å². The Morgan fingerprint density at radius 2 is 1.82 bits per heavy atom. The third-order valence-electron chi connectivity index (χ3n) is 5.47. The standard InChI is InChI=1S/C24H20ClF2N3OS2/c1-13-4-5-14(10-18(13)25)19-6-7-20(33-19)21(15-8-16(26)11-17(27)9-15)24(2,3)22(31)29-23-30-28-12-32-23/h4-12,21H,1-3H3,(H,29,30,31). The normalized spacial score (nSPS) is 12.5. The van der Waals surface area contributed by atoms with E-state index in [-0.39, 0.29) is 5.91 Å². The molecule has 0 saturated heterocycles. The van der Waals surface area contributed by atoms with Gasteiger partial charge in [0.15, 0.2) is 0 Å². The number of aromatic nitrogens is 2. The van der Waals surface area contributed by atoms with Crippen molar-refractivity contribution in [2.45, 2.75) is 26.7 Å². The molecule has 1 amide bonds. The van der Waals surface area contributed by atoms with Crippen molar-refractivity contribution in [3.63, 3.8) is 0 Å². The third-order valence-corrected chi connectivity index (χ3v) is 7.69. The van der Waals surface area contributed by atoms with Crippen molar-refractivity contribution in [3.8, 4) is 10.4 Å². The number of amides is 1. The summed E-state index contributed by atoms with van der Waals surface area (Å²) < 4.78 is 28.4. The van der Waals surface area contributed by atoms with Gasteiger partial charge in [0.2, 0.25) is 11.0 Å². The van der Waals surface area contributed by atoms with Gasteiger partial charge in [0.25, 0.3) is 0 Å². The van der Waals surface area contributed by atoms with Crippen LogP contribution in [0.5, 0.6) is 0 Å². The fourth-order valence-electron chi connectivity index (χ4n) is 3.70. The number of carbonyl (C=O) groups excluding carboxylic acids is 1. The Morgan fingerprint density at radius 1 is 1.09 bits per heavy atom. The van der Waals surface area contributed by atoms with E-state index in [9.17, 15) is 13.6 Å². The lowest BCUT2D eigenvalue weighted by molar-refractivity contribution is -0.124. The fraction of sp³-hybridized carbons (Fsp3) is 0.208. The van der Waals surface area contributed by atoms with E-state index in [0.29, 0.717) is 15.7 Å². The zero-order valence-electron chi connectivity index (χ0n) is 18.0. The molecule has 0 saturated carbocycles. The van der Waals surface area contributed by atoms with E-state index in [0.717, 1.165) is 26.9 Å². The highest BCUT2D eigenvalue weighted by Gasteiger charge is 2.40. The summed E-state index contributed by atoms with van der Waals surface area (Å²) in [5.41, 5.74) is 2.72. The zero-order valence-corrected chi connectivity index (χ0v) is 20.4. The molecule has 0 aliphatic carbocycles. The van der Waals surface area contributed by atoms with Gasteiger partial charge < -0.3 is 5.32 Å². The quantitative estimate of drug-likeness (QED) is 0.300. The van der Waals surface area contributed by atoms with E-state index in [2.05, 4.69) is 15.5 Å². The Hall–Kier alpha value is -2.68. The Labute approximate surface area is 203 Å². The summed E-state index contributed by atoms with van der Waals surface area (Å²) in [5, 5.41) is 11.4. The molecule has 2 aromatic heterocycles. The van der Waals surface area contributed by atoms with E-state index in [1.165, 1.54) is 40.3 Å². The second-order valence-corrected chi connectivity index (χ2v) is 10.6. The fourth-order valence-corrected chi connectivity index (χ4v) is 5.64. The number of nitrogens with one attached hydrogen (secondary N) is 1. The molecule has 33 heavy (non-hydrogen) atoms. The molecule has 0 spiro atoms. The molecule has 170 valence electrons. The molecule has 1 atom stereocenters. The van der Waals surface area contributed by atoms with Crippen LogP contribution in [0.25, 0.3) is 10.4 Å². The predicted octanol–water partition coefficient (Wildman–Crippen LogP) is 7.30. The molecule has 2 aromatic carbocycles. The van der Waals surface area contributed by atoms with Gasteiger partial charge in [-0.1, -0.05) is 48.9 Å². The zero-order chi connectivity index (χ0) is 23.8. The Bertz CT molecular complexity index is 1280. The summed E-state index contributed by atoms with van der Waals surface area (Å²) >= 11 is 8.96. The van der Waals surface area contributed by atoms with Crippen molar-refractivity contribution in [2.75, 3.05) is 5.32 Å². The Morgan fingerprint density at radius 3 is 2.45 bits per heavy atom. The van der Waals surface area contributed by atoms with Crippen molar-refractivity contribution < 1.29 is 13.6 Å². The maximum absolute atomic E-state index is 14.2. The highest BCUT2D eigenvalue weighted by atomic mass is 35.5. The molecule has 1 N–H and O–H groups in total. The predicted molar refractivity (Wildman–Crippen MR) is 130 cm³/mol. The van der Waals surface area contributed by atoms with Gasteiger partial charge in [0.05, 0.1) is 5.41 Å². The molecular weight excluding hydrogens is 484 g/mol. The van der Waals surface area contributed by atoms with Crippen LogP contribution in [0, 0.1) is 24.0 Å². The van der Waals surface area contributed by atoms with Gasteiger partial charge in [-0.2, -0.15) is 0 Å². The van der Waals surface area contributed by atoms with E-state index < -0.39 is 23.0 Å². The molecule has 1 unspecified atom stereocenters. The third kappa shape index (κ3) is 4.98. The van der Waals surface area contributed by atoms with Crippen molar-refractivity contribution in [2.24, 2.45) is 5.41 Å². The summed E-state index contributed by atoms with van der Waals surface area (Å²) in [6.45, 7) is 5.43. The molecule has 9 heteroatoms. The van der Waals surface area contributed by atoms with Gasteiger partial charge in [-0.3, -0.25) is 4.79 Å². The van der Waals surface area contributed by atoms with Crippen LogP contribution in [0.4, 0.5) is 13.9 Å². The summed E-state index contributed by atoms with van der Waals surface area (Å²) in [4.78, 5) is 15.0. The second-order valence-electron chi connectivity index (χ2n) is 8.22. The van der Waals surface area contributed by atoms with Crippen LogP contribution in [0.1, 0.15) is 35.8 Å². The van der Waals surface area contributed by atoms with Crippen LogP contribution < -0.4 is 5.32 Å². The molecule has 4 nitrogen and oxygen atoms in total. The number of benzene rings is 2. The number of hydrogen-bond donors (Lipinski definition) is 1. The Balaban J connectivity index is 1.78. The van der Waals surface area contributed by atoms with Crippen LogP contribution in [-0.4, -0.2) is 16.1 Å². The molecule has 0 aliphatic rings. The van der Waals surface area contributed by atoms with Gasteiger partial charge in [-0.05, 0) is 53.9 Å². The molecule has 0 bridgehead atoms. The summed E-state index contributed by atoms with van der Waals surface area (Å²) in [7, 11) is 0. The first-order valence-electron chi connectivity index (χ1n) is 10.0. The van der Waals surface area contributed by atoms with Crippen molar-refractivity contribution in [3.05, 3.63) is 86.7 Å². The van der Waals surface area contributed by atoms with Gasteiger partial charge in [-0.15, -0.1) is 21.5 Å². The topological polar surface area (TPSA) is 54.9 Å². The highest BCUT2D eigenvalue weighted by Crippen LogP contribution is 2.46. The average molecular weight is 504 g/mol. The minimum Gasteiger partial charge on any atom is -0.300 e. The van der Waals surface area contributed by atoms with Crippen LogP contribution in [0.3, 0.4) is 0 Å². The number of carbonyl (C=O) groups is 1. The largest absolute Gasteiger partial charge is 0.300 e. The molecule has 2 heterocycles. The van der Waals surface area contributed by atoms with Gasteiger partial charge in [0, 0.05) is 26.8 Å². The van der Waals surface area contributed by atoms with Gasteiger partial charge in [0.1, 0.15) is 17.1 Å². The molecular formula is C24H20ClF2N3OS2. The monoisotopic (exact) mass is 503 g/mol. The average Bonchev–Trinajstić information content (AvgIpc) is 3.42. The van der Waals surface area contributed by atoms with Crippen LogP contribution in [0.15, 0.2) is 54.0 Å². The SMILES string of the molecule is Cc1ccc(-c2ccc(C(c3cc(F)cc(F)c3)C(C)(C)C(=O)Nc3nncs3)s2)cc1Cl. The summed E-state index contributed by atoms with van der Waals surface area (Å²) in [5.74, 6) is -2.34. The molecule has 4 rings (SSSR count). The summed E-state index contributed by atoms with van der Waals surface area (Å²) in [6, 6.07) is 13.0. The number of hydrogen-bond acceptors (Lipinski definition) is 5. The minimum absolute atomic E-state index is 0.331. The van der Waals surface area contributed by atoms with Gasteiger partial charge >= 0.3 is 0 Å². The maximum atomic E-state index is 14.2. The Kier molecular flexibility index (Phi) is 6.61. The maximum Gasteiger partial charge on any atom is 0.232 e. The molecule has 0 radical (unpaired) electrons. The van der Waals surface area contributed by atoms with E-state index in [1.807, 2.05) is 37.3 Å². The lowest BCUT2D eigenvalue weighted by Crippen LogP contribution is -2.36. The number of aryl methyl sites for hydroxylation is 1. The van der Waals surface area contributed by atoms with Crippen molar-refractivity contribution in [1.82, 2.24) is 10.2 Å². The second kappa shape index (κ2) is 9.29. The molecule has 0 aliphatic heterocycles. The van der Waals surface area contributed by atoms with E-state index >= 15 is 0 Å². The number of nitrogens with zero attached hydrogens (tertiary/aromatic N) is 2. The van der Waals surface area contributed by atoms with Crippen LogP contribution in [-0.2, 0) is 4.79 Å².